The molecule has 7 heteroatoms. The van der Waals surface area contributed by atoms with Crippen LogP contribution in [0.25, 0.3) is 0 Å². The highest BCUT2D eigenvalue weighted by Gasteiger charge is 2.27. The summed E-state index contributed by atoms with van der Waals surface area (Å²) in [6.07, 6.45) is -4.33. The summed E-state index contributed by atoms with van der Waals surface area (Å²) in [4.78, 5) is 11.4. The fraction of sp³-hybridized carbons (Fsp3) is 0.364. The molecule has 18 heavy (non-hydrogen) atoms. The lowest BCUT2D eigenvalue weighted by Gasteiger charge is -2.08. The summed E-state index contributed by atoms with van der Waals surface area (Å²) >= 11 is 1.15. The van der Waals surface area contributed by atoms with Crippen molar-refractivity contribution in [3.05, 3.63) is 29.8 Å². The van der Waals surface area contributed by atoms with E-state index in [9.17, 15) is 18.0 Å². The topological polar surface area (TPSA) is 46.5 Å². The van der Waals surface area contributed by atoms with E-state index >= 15 is 0 Å². The van der Waals surface area contributed by atoms with Gasteiger partial charge in [-0.1, -0.05) is 12.1 Å². The van der Waals surface area contributed by atoms with E-state index in [1.807, 2.05) is 0 Å². The molecule has 0 saturated carbocycles. The van der Waals surface area contributed by atoms with Crippen molar-refractivity contribution in [2.75, 3.05) is 19.0 Å². The fourth-order valence-electron chi connectivity index (χ4n) is 1.17. The third-order valence-electron chi connectivity index (χ3n) is 1.87. The number of benzene rings is 1. The lowest BCUT2D eigenvalue weighted by atomic mass is 10.2. The van der Waals surface area contributed by atoms with Gasteiger partial charge in [0.15, 0.2) is 0 Å². The van der Waals surface area contributed by atoms with Crippen LogP contribution in [0.15, 0.2) is 29.2 Å². The average Bonchev–Trinajstić information content (AvgIpc) is 2.27. The monoisotopic (exact) mass is 280 g/mol. The van der Waals surface area contributed by atoms with Crippen LogP contribution in [0.4, 0.5) is 13.2 Å². The molecule has 0 radical (unpaired) electrons. The zero-order valence-corrected chi connectivity index (χ0v) is 10.1. The second-order valence-electron chi connectivity index (χ2n) is 3.32. The maximum atomic E-state index is 11.8. The van der Waals surface area contributed by atoms with Crippen LogP contribution in [0, 0.1) is 0 Å². The van der Waals surface area contributed by atoms with Gasteiger partial charge in [-0.2, -0.15) is 13.2 Å². The largest absolute Gasteiger partial charge is 0.478 e. The van der Waals surface area contributed by atoms with Gasteiger partial charge in [0.25, 0.3) is 0 Å². The minimum Gasteiger partial charge on any atom is -0.478 e. The molecule has 1 aromatic carbocycles. The molecule has 0 fully saturated rings. The minimum absolute atomic E-state index is 0.0852. The number of rotatable bonds is 6. The maximum Gasteiger partial charge on any atom is 0.411 e. The Morgan fingerprint density at radius 1 is 1.33 bits per heavy atom. The van der Waals surface area contributed by atoms with Crippen LogP contribution in [0.1, 0.15) is 10.4 Å². The number of carboxylic acid groups (broad SMARTS) is 1. The number of carboxylic acids is 1. The van der Waals surface area contributed by atoms with Crippen molar-refractivity contribution in [3.63, 3.8) is 0 Å². The number of thioether (sulfide) groups is 1. The predicted molar refractivity (Wildman–Crippen MR) is 61.0 cm³/mol. The van der Waals surface area contributed by atoms with Crippen LogP contribution in [0.3, 0.4) is 0 Å². The lowest BCUT2D eigenvalue weighted by Crippen LogP contribution is -2.17. The molecule has 0 aliphatic carbocycles. The summed E-state index contributed by atoms with van der Waals surface area (Å²) in [5, 5.41) is 8.88. The smallest absolute Gasteiger partial charge is 0.411 e. The molecule has 0 aliphatic heterocycles. The van der Waals surface area contributed by atoms with Gasteiger partial charge in [-0.3, -0.25) is 0 Å². The zero-order valence-electron chi connectivity index (χ0n) is 9.24. The van der Waals surface area contributed by atoms with Gasteiger partial charge in [-0.25, -0.2) is 4.79 Å². The van der Waals surface area contributed by atoms with E-state index in [0.29, 0.717) is 4.90 Å². The predicted octanol–water partition coefficient (Wildman–Crippen LogP) is 3.06. The van der Waals surface area contributed by atoms with Gasteiger partial charge in [0.05, 0.1) is 12.2 Å². The van der Waals surface area contributed by atoms with Crippen LogP contribution in [-0.4, -0.2) is 36.2 Å². The Bertz CT molecular complexity index is 407. The standard InChI is InChI=1S/C11H11F3O3S/c12-11(13,14)7-17-5-6-18-9-4-2-1-3-8(9)10(15)16/h1-4H,5-7H2,(H,15,16). The van der Waals surface area contributed by atoms with Crippen molar-refractivity contribution < 1.29 is 27.8 Å². The van der Waals surface area contributed by atoms with Gasteiger partial charge in [-0.05, 0) is 12.1 Å². The van der Waals surface area contributed by atoms with Crippen molar-refractivity contribution >= 4 is 17.7 Å². The second kappa shape index (κ2) is 6.65. The number of alkyl halides is 3. The van der Waals surface area contributed by atoms with Crippen LogP contribution in [0.5, 0.6) is 0 Å². The van der Waals surface area contributed by atoms with E-state index in [1.54, 1.807) is 18.2 Å². The Balaban J connectivity index is 2.38. The van der Waals surface area contributed by atoms with E-state index < -0.39 is 18.8 Å². The third-order valence-corrected chi connectivity index (χ3v) is 2.91. The zero-order chi connectivity index (χ0) is 13.6. The first-order chi connectivity index (χ1) is 8.40. The highest BCUT2D eigenvalue weighted by molar-refractivity contribution is 7.99. The quantitative estimate of drug-likeness (QED) is 0.642. The maximum absolute atomic E-state index is 11.8. The molecule has 0 aromatic heterocycles. The first-order valence-corrected chi connectivity index (χ1v) is 5.98. The first-order valence-electron chi connectivity index (χ1n) is 5.00. The Morgan fingerprint density at radius 2 is 2.00 bits per heavy atom. The van der Waals surface area contributed by atoms with Gasteiger partial charge >= 0.3 is 12.1 Å². The van der Waals surface area contributed by atoms with Crippen molar-refractivity contribution in [3.8, 4) is 0 Å². The highest BCUT2D eigenvalue weighted by atomic mass is 32.2. The third kappa shape index (κ3) is 5.42. The van der Waals surface area contributed by atoms with Crippen molar-refractivity contribution in [2.24, 2.45) is 0 Å². The Labute approximate surface area is 106 Å². The number of hydrogen-bond acceptors (Lipinski definition) is 3. The molecule has 0 bridgehead atoms. The van der Waals surface area contributed by atoms with Crippen LogP contribution in [-0.2, 0) is 4.74 Å². The summed E-state index contributed by atoms with van der Waals surface area (Å²) in [5.74, 6) is -0.797. The molecule has 0 amide bonds. The van der Waals surface area contributed by atoms with Gasteiger partial charge in [0.2, 0.25) is 0 Å². The molecule has 0 heterocycles. The molecule has 0 unspecified atom stereocenters. The Hall–Kier alpha value is -1.21. The van der Waals surface area contributed by atoms with Gasteiger partial charge in [0.1, 0.15) is 6.61 Å². The molecule has 0 aliphatic rings. The SMILES string of the molecule is O=C(O)c1ccccc1SCCOCC(F)(F)F. The van der Waals surface area contributed by atoms with E-state index in [1.165, 1.54) is 6.07 Å². The number of carbonyl (C=O) groups is 1. The van der Waals surface area contributed by atoms with Gasteiger partial charge in [-0.15, -0.1) is 11.8 Å². The summed E-state index contributed by atoms with van der Waals surface area (Å²) in [6.45, 7) is -1.37. The Kier molecular flexibility index (Phi) is 5.49. The molecule has 1 rings (SSSR count). The van der Waals surface area contributed by atoms with Crippen LogP contribution in [0.2, 0.25) is 0 Å². The van der Waals surface area contributed by atoms with Crippen molar-refractivity contribution in [1.82, 2.24) is 0 Å². The number of halogens is 3. The highest BCUT2D eigenvalue weighted by Crippen LogP contribution is 2.22. The lowest BCUT2D eigenvalue weighted by molar-refractivity contribution is -0.172. The van der Waals surface area contributed by atoms with Crippen molar-refractivity contribution in [1.29, 1.82) is 0 Å². The molecular formula is C11H11F3O3S. The van der Waals surface area contributed by atoms with E-state index in [0.717, 1.165) is 11.8 Å². The number of hydrogen-bond donors (Lipinski definition) is 1. The van der Waals surface area contributed by atoms with Crippen LogP contribution >= 0.6 is 11.8 Å². The van der Waals surface area contributed by atoms with E-state index in [-0.39, 0.29) is 17.9 Å². The normalized spacial score (nSPS) is 11.5. The van der Waals surface area contributed by atoms with Crippen molar-refractivity contribution in [2.45, 2.75) is 11.1 Å². The molecule has 0 atom stereocenters. The average molecular weight is 280 g/mol. The number of aromatic carboxylic acids is 1. The second-order valence-corrected chi connectivity index (χ2v) is 4.45. The summed E-state index contributed by atoms with van der Waals surface area (Å²) in [7, 11) is 0. The Morgan fingerprint density at radius 3 is 2.61 bits per heavy atom. The molecule has 0 spiro atoms. The first kappa shape index (κ1) is 14.8. The summed E-state index contributed by atoms with van der Waals surface area (Å²) < 4.78 is 39.7. The van der Waals surface area contributed by atoms with Crippen LogP contribution < -0.4 is 0 Å². The molecule has 1 aromatic rings. The molecule has 100 valence electrons. The molecule has 1 N–H and O–H groups in total. The summed E-state index contributed by atoms with van der Waals surface area (Å²) in [5.41, 5.74) is 0.137. The molecule has 0 saturated heterocycles. The number of ether oxygens (including phenoxy) is 1. The van der Waals surface area contributed by atoms with E-state index in [4.69, 9.17) is 5.11 Å². The molecule has 3 nitrogen and oxygen atoms in total. The van der Waals surface area contributed by atoms with E-state index in [2.05, 4.69) is 4.74 Å². The van der Waals surface area contributed by atoms with Gasteiger partial charge in [0, 0.05) is 10.6 Å². The molecular weight excluding hydrogens is 269 g/mol. The fourth-order valence-corrected chi connectivity index (χ4v) is 2.07. The van der Waals surface area contributed by atoms with Gasteiger partial charge < -0.3 is 9.84 Å². The summed E-state index contributed by atoms with van der Waals surface area (Å²) in [6, 6.07) is 6.32. The minimum atomic E-state index is -4.33.